The normalized spacial score (nSPS) is 26.5. The van der Waals surface area contributed by atoms with E-state index in [1.165, 1.54) is 12.8 Å². The van der Waals surface area contributed by atoms with Gasteiger partial charge in [-0.25, -0.2) is 0 Å². The molecule has 2 atom stereocenters. The molecule has 2 rings (SSSR count). The summed E-state index contributed by atoms with van der Waals surface area (Å²) >= 11 is 0. The van der Waals surface area contributed by atoms with Crippen molar-refractivity contribution >= 4 is 5.91 Å². The van der Waals surface area contributed by atoms with Gasteiger partial charge in [0.05, 0.1) is 0 Å². The zero-order valence-electron chi connectivity index (χ0n) is 13.7. The van der Waals surface area contributed by atoms with Gasteiger partial charge in [0.2, 0.25) is 5.91 Å². The van der Waals surface area contributed by atoms with Crippen LogP contribution in [0, 0.1) is 11.8 Å². The van der Waals surface area contributed by atoms with Gasteiger partial charge in [-0.1, -0.05) is 6.92 Å². The van der Waals surface area contributed by atoms with Crippen LogP contribution in [-0.4, -0.2) is 75.1 Å². The number of amides is 1. The Morgan fingerprint density at radius 1 is 1.33 bits per heavy atom. The standard InChI is InChI=1S/C16H32N4O/c1-14(15-4-3-5-17-13-15)12-16(21)18-6-7-20-10-8-19(2)9-11-20/h14-15,17H,3-13H2,1-2H3,(H,18,21). The molecule has 2 saturated heterocycles. The number of rotatable bonds is 6. The van der Waals surface area contributed by atoms with E-state index in [1.807, 2.05) is 0 Å². The van der Waals surface area contributed by atoms with E-state index in [-0.39, 0.29) is 5.91 Å². The highest BCUT2D eigenvalue weighted by atomic mass is 16.1. The highest BCUT2D eigenvalue weighted by molar-refractivity contribution is 5.76. The van der Waals surface area contributed by atoms with E-state index in [0.717, 1.165) is 52.4 Å². The minimum absolute atomic E-state index is 0.224. The highest BCUT2D eigenvalue weighted by Gasteiger charge is 2.22. The van der Waals surface area contributed by atoms with Gasteiger partial charge in [0.1, 0.15) is 0 Å². The zero-order valence-corrected chi connectivity index (χ0v) is 13.7. The number of carbonyl (C=O) groups is 1. The number of piperidine rings is 1. The van der Waals surface area contributed by atoms with Crippen molar-refractivity contribution in [2.45, 2.75) is 26.2 Å². The summed E-state index contributed by atoms with van der Waals surface area (Å²) in [6, 6.07) is 0. The lowest BCUT2D eigenvalue weighted by molar-refractivity contribution is -0.122. The van der Waals surface area contributed by atoms with Crippen LogP contribution in [0.5, 0.6) is 0 Å². The number of hydrogen-bond acceptors (Lipinski definition) is 4. The molecule has 0 bridgehead atoms. The molecule has 2 unspecified atom stereocenters. The van der Waals surface area contributed by atoms with Crippen molar-refractivity contribution in [1.82, 2.24) is 20.4 Å². The van der Waals surface area contributed by atoms with Crippen LogP contribution in [0.1, 0.15) is 26.2 Å². The summed E-state index contributed by atoms with van der Waals surface area (Å²) in [6.07, 6.45) is 3.19. The molecular formula is C16H32N4O. The Morgan fingerprint density at radius 2 is 2.10 bits per heavy atom. The van der Waals surface area contributed by atoms with Gasteiger partial charge in [-0.05, 0) is 44.8 Å². The van der Waals surface area contributed by atoms with E-state index < -0.39 is 0 Å². The summed E-state index contributed by atoms with van der Waals surface area (Å²) < 4.78 is 0. The fourth-order valence-corrected chi connectivity index (χ4v) is 3.32. The number of nitrogens with zero attached hydrogens (tertiary/aromatic N) is 2. The lowest BCUT2D eigenvalue weighted by atomic mass is 9.85. The quantitative estimate of drug-likeness (QED) is 0.744. The first-order chi connectivity index (χ1) is 10.1. The maximum atomic E-state index is 12.0. The molecule has 0 aromatic rings. The zero-order chi connectivity index (χ0) is 15.1. The number of likely N-dealkylation sites (N-methyl/N-ethyl adjacent to an activating group) is 1. The Labute approximate surface area is 129 Å². The van der Waals surface area contributed by atoms with E-state index in [2.05, 4.69) is 34.4 Å². The molecule has 5 nitrogen and oxygen atoms in total. The summed E-state index contributed by atoms with van der Waals surface area (Å²) in [5.41, 5.74) is 0. The van der Waals surface area contributed by atoms with E-state index >= 15 is 0 Å². The van der Waals surface area contributed by atoms with E-state index in [4.69, 9.17) is 0 Å². The average molecular weight is 296 g/mol. The molecule has 0 aliphatic carbocycles. The summed E-state index contributed by atoms with van der Waals surface area (Å²) in [6.45, 7) is 10.7. The lowest BCUT2D eigenvalue weighted by Crippen LogP contribution is -2.47. The first-order valence-electron chi connectivity index (χ1n) is 8.53. The first-order valence-corrected chi connectivity index (χ1v) is 8.53. The SMILES string of the molecule is CC(CC(=O)NCCN1CCN(C)CC1)C1CCCNC1. The Kier molecular flexibility index (Phi) is 6.93. The van der Waals surface area contributed by atoms with Crippen molar-refractivity contribution in [2.75, 3.05) is 59.4 Å². The van der Waals surface area contributed by atoms with Gasteiger partial charge in [-0.15, -0.1) is 0 Å². The topological polar surface area (TPSA) is 47.6 Å². The second-order valence-electron chi connectivity index (χ2n) is 6.78. The van der Waals surface area contributed by atoms with Crippen molar-refractivity contribution in [3.63, 3.8) is 0 Å². The molecule has 2 heterocycles. The second-order valence-corrected chi connectivity index (χ2v) is 6.78. The van der Waals surface area contributed by atoms with Crippen molar-refractivity contribution in [2.24, 2.45) is 11.8 Å². The minimum atomic E-state index is 0.224. The van der Waals surface area contributed by atoms with Crippen LogP contribution in [0.2, 0.25) is 0 Å². The summed E-state index contributed by atoms with van der Waals surface area (Å²) in [5.74, 6) is 1.38. The molecule has 2 fully saturated rings. The minimum Gasteiger partial charge on any atom is -0.355 e. The van der Waals surface area contributed by atoms with Crippen LogP contribution in [-0.2, 0) is 4.79 Å². The molecule has 21 heavy (non-hydrogen) atoms. The summed E-state index contributed by atoms with van der Waals surface area (Å²) in [4.78, 5) is 16.8. The molecule has 2 aliphatic rings. The Hall–Kier alpha value is -0.650. The highest BCUT2D eigenvalue weighted by Crippen LogP contribution is 2.22. The number of carbonyl (C=O) groups excluding carboxylic acids is 1. The van der Waals surface area contributed by atoms with E-state index in [9.17, 15) is 4.79 Å². The molecule has 5 heteroatoms. The monoisotopic (exact) mass is 296 g/mol. The molecule has 0 radical (unpaired) electrons. The summed E-state index contributed by atoms with van der Waals surface area (Å²) in [7, 11) is 2.17. The predicted octanol–water partition coefficient (Wildman–Crippen LogP) is 0.376. The van der Waals surface area contributed by atoms with Gasteiger partial charge in [0.25, 0.3) is 0 Å². The number of nitrogens with one attached hydrogen (secondary N) is 2. The molecule has 1 amide bonds. The molecule has 0 aromatic carbocycles. The van der Waals surface area contributed by atoms with E-state index in [0.29, 0.717) is 18.3 Å². The van der Waals surface area contributed by atoms with Gasteiger partial charge in [-0.2, -0.15) is 0 Å². The maximum absolute atomic E-state index is 12.0. The van der Waals surface area contributed by atoms with Crippen molar-refractivity contribution in [1.29, 1.82) is 0 Å². The van der Waals surface area contributed by atoms with Gasteiger partial charge < -0.3 is 15.5 Å². The lowest BCUT2D eigenvalue weighted by Gasteiger charge is -2.32. The number of hydrogen-bond donors (Lipinski definition) is 2. The molecule has 0 saturated carbocycles. The van der Waals surface area contributed by atoms with Crippen LogP contribution in [0.25, 0.3) is 0 Å². The van der Waals surface area contributed by atoms with Crippen molar-refractivity contribution in [3.8, 4) is 0 Å². The molecule has 2 N–H and O–H groups in total. The first kappa shape index (κ1) is 16.7. The Bertz CT molecular complexity index is 309. The molecule has 0 spiro atoms. The summed E-state index contributed by atoms with van der Waals surface area (Å²) in [5, 5.41) is 6.53. The van der Waals surface area contributed by atoms with Crippen LogP contribution in [0.15, 0.2) is 0 Å². The fraction of sp³-hybridized carbons (Fsp3) is 0.938. The van der Waals surface area contributed by atoms with Crippen molar-refractivity contribution in [3.05, 3.63) is 0 Å². The van der Waals surface area contributed by atoms with Gasteiger partial charge in [0.15, 0.2) is 0 Å². The second kappa shape index (κ2) is 8.71. The predicted molar refractivity (Wildman–Crippen MR) is 86.3 cm³/mol. The van der Waals surface area contributed by atoms with Crippen LogP contribution >= 0.6 is 0 Å². The third-order valence-electron chi connectivity index (χ3n) is 4.99. The van der Waals surface area contributed by atoms with Gasteiger partial charge in [-0.3, -0.25) is 9.69 Å². The molecule has 2 aliphatic heterocycles. The van der Waals surface area contributed by atoms with Crippen molar-refractivity contribution < 1.29 is 4.79 Å². The third kappa shape index (κ3) is 5.93. The van der Waals surface area contributed by atoms with Crippen LogP contribution in [0.4, 0.5) is 0 Å². The molecule has 0 aromatic heterocycles. The van der Waals surface area contributed by atoms with Crippen LogP contribution < -0.4 is 10.6 Å². The Balaban J connectivity index is 1.56. The maximum Gasteiger partial charge on any atom is 0.220 e. The average Bonchev–Trinajstić information content (AvgIpc) is 2.50. The van der Waals surface area contributed by atoms with E-state index in [1.54, 1.807) is 0 Å². The third-order valence-corrected chi connectivity index (χ3v) is 4.99. The fourth-order valence-electron chi connectivity index (χ4n) is 3.32. The van der Waals surface area contributed by atoms with Gasteiger partial charge >= 0.3 is 0 Å². The Morgan fingerprint density at radius 3 is 2.76 bits per heavy atom. The van der Waals surface area contributed by atoms with Gasteiger partial charge in [0, 0.05) is 45.7 Å². The van der Waals surface area contributed by atoms with Crippen LogP contribution in [0.3, 0.4) is 0 Å². The largest absolute Gasteiger partial charge is 0.355 e. The molecular weight excluding hydrogens is 264 g/mol. The number of piperazine rings is 1. The smallest absolute Gasteiger partial charge is 0.220 e. The molecule has 122 valence electrons.